The van der Waals surface area contributed by atoms with Gasteiger partial charge in [-0.3, -0.25) is 9.59 Å². The second-order valence-corrected chi connectivity index (χ2v) is 6.99. The maximum Gasteiger partial charge on any atom is 0.415 e. The summed E-state index contributed by atoms with van der Waals surface area (Å²) in [6.45, 7) is 5.09. The van der Waals surface area contributed by atoms with E-state index in [1.54, 1.807) is 23.1 Å². The minimum Gasteiger partial charge on any atom is -0.343 e. The van der Waals surface area contributed by atoms with E-state index < -0.39 is 17.6 Å². The molecule has 0 spiro atoms. The van der Waals surface area contributed by atoms with Crippen LogP contribution in [0.25, 0.3) is 0 Å². The molecule has 0 aliphatic heterocycles. The quantitative estimate of drug-likeness (QED) is 0.738. The first-order chi connectivity index (χ1) is 12.7. The van der Waals surface area contributed by atoms with Crippen LogP contribution in [0.2, 0.25) is 0 Å². The van der Waals surface area contributed by atoms with Gasteiger partial charge in [0.2, 0.25) is 11.8 Å². The summed E-state index contributed by atoms with van der Waals surface area (Å²) < 4.78 is 41.7. The van der Waals surface area contributed by atoms with E-state index in [9.17, 15) is 22.8 Å². The van der Waals surface area contributed by atoms with Crippen LogP contribution in [0, 0.1) is 0 Å². The second-order valence-electron chi connectivity index (χ2n) is 6.99. The molecule has 1 aliphatic rings. The lowest BCUT2D eigenvalue weighted by Gasteiger charge is -2.34. The molecule has 0 saturated carbocycles. The predicted octanol–water partition coefficient (Wildman–Crippen LogP) is 3.94. The van der Waals surface area contributed by atoms with Crippen molar-refractivity contribution < 1.29 is 22.8 Å². The maximum absolute atomic E-state index is 13.9. The van der Waals surface area contributed by atoms with E-state index in [2.05, 4.69) is 5.32 Å². The molecule has 27 heavy (non-hydrogen) atoms. The van der Waals surface area contributed by atoms with Crippen molar-refractivity contribution in [3.63, 3.8) is 0 Å². The Kier molecular flexibility index (Phi) is 6.89. The first-order valence-electron chi connectivity index (χ1n) is 9.49. The monoisotopic (exact) mass is 384 g/mol. The number of amides is 2. The van der Waals surface area contributed by atoms with Crippen LogP contribution >= 0.6 is 0 Å². The van der Waals surface area contributed by atoms with E-state index in [-0.39, 0.29) is 37.2 Å². The molecule has 0 heterocycles. The summed E-state index contributed by atoms with van der Waals surface area (Å²) in [5.74, 6) is -0.938. The van der Waals surface area contributed by atoms with E-state index in [1.165, 1.54) is 6.07 Å². The minimum absolute atomic E-state index is 0.0819. The molecule has 0 bridgehead atoms. The Morgan fingerprint density at radius 1 is 1.11 bits per heavy atom. The van der Waals surface area contributed by atoms with Gasteiger partial charge in [0.1, 0.15) is 0 Å². The normalized spacial score (nSPS) is 18.9. The highest BCUT2D eigenvalue weighted by Crippen LogP contribution is 2.48. The Morgan fingerprint density at radius 2 is 1.74 bits per heavy atom. The van der Waals surface area contributed by atoms with Crippen LogP contribution in [0.4, 0.5) is 13.2 Å². The van der Waals surface area contributed by atoms with Crippen LogP contribution in [-0.2, 0) is 21.5 Å². The van der Waals surface area contributed by atoms with Gasteiger partial charge in [-0.1, -0.05) is 38.1 Å². The lowest BCUT2D eigenvalue weighted by Crippen LogP contribution is -2.54. The fourth-order valence-corrected chi connectivity index (χ4v) is 3.69. The first-order valence-corrected chi connectivity index (χ1v) is 9.49. The average Bonchev–Trinajstić information content (AvgIpc) is 2.99. The minimum atomic E-state index is -4.60. The summed E-state index contributed by atoms with van der Waals surface area (Å²) >= 11 is 0. The molecule has 4 nitrogen and oxygen atoms in total. The van der Waals surface area contributed by atoms with Gasteiger partial charge in [0.25, 0.3) is 0 Å². The highest BCUT2D eigenvalue weighted by Gasteiger charge is 2.59. The topological polar surface area (TPSA) is 49.4 Å². The molecule has 7 heteroatoms. The molecule has 2 rings (SSSR count). The number of benzene rings is 1. The Labute approximate surface area is 158 Å². The zero-order valence-corrected chi connectivity index (χ0v) is 15.9. The molecule has 2 amide bonds. The van der Waals surface area contributed by atoms with Crippen molar-refractivity contribution in [3.05, 3.63) is 35.4 Å². The van der Waals surface area contributed by atoms with Crippen LogP contribution < -0.4 is 5.32 Å². The second kappa shape index (κ2) is 8.76. The lowest BCUT2D eigenvalue weighted by atomic mass is 9.90. The number of rotatable bonds is 8. The van der Waals surface area contributed by atoms with Gasteiger partial charge >= 0.3 is 6.18 Å². The Hall–Kier alpha value is -2.05. The van der Waals surface area contributed by atoms with Gasteiger partial charge in [-0.2, -0.15) is 13.2 Å². The van der Waals surface area contributed by atoms with Gasteiger partial charge < -0.3 is 10.2 Å². The van der Waals surface area contributed by atoms with Gasteiger partial charge in [-0.15, -0.1) is 0 Å². The fourth-order valence-electron chi connectivity index (χ4n) is 3.69. The van der Waals surface area contributed by atoms with Crippen LogP contribution in [0.15, 0.2) is 24.3 Å². The number of alkyl halides is 3. The average molecular weight is 384 g/mol. The van der Waals surface area contributed by atoms with Crippen molar-refractivity contribution in [1.82, 2.24) is 10.2 Å². The van der Waals surface area contributed by atoms with Gasteiger partial charge in [-0.25, -0.2) is 0 Å². The maximum atomic E-state index is 13.9. The molecule has 0 unspecified atom stereocenters. The fraction of sp³-hybridized carbons (Fsp3) is 0.600. The zero-order valence-electron chi connectivity index (χ0n) is 15.9. The molecule has 1 aromatic carbocycles. The number of aryl methyl sites for hydroxylation is 1. The molecular weight excluding hydrogens is 357 g/mol. The summed E-state index contributed by atoms with van der Waals surface area (Å²) in [6.07, 6.45) is -3.29. The van der Waals surface area contributed by atoms with E-state index in [0.29, 0.717) is 18.7 Å². The molecule has 1 aromatic rings. The third-order valence-corrected chi connectivity index (χ3v) is 4.99. The highest BCUT2D eigenvalue weighted by atomic mass is 19.4. The molecule has 0 saturated heterocycles. The van der Waals surface area contributed by atoms with Crippen molar-refractivity contribution in [2.45, 2.75) is 64.1 Å². The summed E-state index contributed by atoms with van der Waals surface area (Å²) in [7, 11) is 0. The summed E-state index contributed by atoms with van der Waals surface area (Å²) in [5.41, 5.74) is -1.66. The molecular formula is C20H27F3N2O2. The molecule has 150 valence electrons. The van der Waals surface area contributed by atoms with Crippen molar-refractivity contribution in [2.24, 2.45) is 0 Å². The van der Waals surface area contributed by atoms with E-state index in [4.69, 9.17) is 0 Å². The van der Waals surface area contributed by atoms with Gasteiger partial charge in [-0.05, 0) is 36.8 Å². The summed E-state index contributed by atoms with van der Waals surface area (Å²) in [4.78, 5) is 26.2. The number of nitrogens with zero attached hydrogens (tertiary/aromatic N) is 1. The predicted molar refractivity (Wildman–Crippen MR) is 97.0 cm³/mol. The Balaban J connectivity index is 2.07. The molecule has 0 radical (unpaired) electrons. The van der Waals surface area contributed by atoms with Crippen LogP contribution in [-0.4, -0.2) is 36.0 Å². The molecule has 0 fully saturated rings. The molecule has 1 atom stereocenters. The number of carbonyl (C=O) groups excluding carboxylic acids is 2. The Morgan fingerprint density at radius 3 is 2.33 bits per heavy atom. The number of fused-ring (bicyclic) bond motifs is 1. The van der Waals surface area contributed by atoms with Crippen molar-refractivity contribution in [2.75, 3.05) is 13.1 Å². The zero-order chi connectivity index (χ0) is 20.1. The van der Waals surface area contributed by atoms with Crippen LogP contribution in [0.5, 0.6) is 0 Å². The molecule has 0 aromatic heterocycles. The Bertz CT molecular complexity index is 669. The van der Waals surface area contributed by atoms with Crippen LogP contribution in [0.1, 0.15) is 57.1 Å². The SMILES string of the molecule is CCCN(CCC)C(=O)CCC(=O)N[C@]1(C(F)(F)F)CCc2ccccc21. The molecule has 1 N–H and O–H groups in total. The van der Waals surface area contributed by atoms with E-state index >= 15 is 0 Å². The van der Waals surface area contributed by atoms with Gasteiger partial charge in [0, 0.05) is 25.9 Å². The smallest absolute Gasteiger partial charge is 0.343 e. The van der Waals surface area contributed by atoms with Crippen LogP contribution in [0.3, 0.4) is 0 Å². The largest absolute Gasteiger partial charge is 0.415 e. The van der Waals surface area contributed by atoms with Crippen molar-refractivity contribution >= 4 is 11.8 Å². The highest BCUT2D eigenvalue weighted by molar-refractivity contribution is 5.84. The van der Waals surface area contributed by atoms with Gasteiger partial charge in [0.15, 0.2) is 5.54 Å². The summed E-state index contributed by atoms with van der Waals surface area (Å²) in [6, 6.07) is 6.33. The van der Waals surface area contributed by atoms with Crippen molar-refractivity contribution in [3.8, 4) is 0 Å². The van der Waals surface area contributed by atoms with Gasteiger partial charge in [0.05, 0.1) is 0 Å². The summed E-state index contributed by atoms with van der Waals surface area (Å²) in [5, 5.41) is 2.21. The first kappa shape index (κ1) is 21.3. The standard InChI is InChI=1S/C20H27F3N2O2/c1-3-13-25(14-4-2)18(27)10-9-17(26)24-19(20(21,22)23)12-11-15-7-5-6-8-16(15)19/h5-8H,3-4,9-14H2,1-2H3,(H,24,26)/t19-/m1/s1. The van der Waals surface area contributed by atoms with Crippen molar-refractivity contribution in [1.29, 1.82) is 0 Å². The molecule has 1 aliphatic carbocycles. The number of hydrogen-bond donors (Lipinski definition) is 1. The lowest BCUT2D eigenvalue weighted by molar-refractivity contribution is -0.202. The number of hydrogen-bond acceptors (Lipinski definition) is 2. The van der Waals surface area contributed by atoms with E-state index in [0.717, 1.165) is 12.8 Å². The van der Waals surface area contributed by atoms with E-state index in [1.807, 2.05) is 13.8 Å². The third kappa shape index (κ3) is 4.62. The number of halogens is 3. The third-order valence-electron chi connectivity index (χ3n) is 4.99. The number of carbonyl (C=O) groups is 2. The number of nitrogens with one attached hydrogen (secondary N) is 1.